The minimum absolute atomic E-state index is 0.221. The Morgan fingerprint density at radius 1 is 1.39 bits per heavy atom. The molecule has 0 aliphatic heterocycles. The van der Waals surface area contributed by atoms with Crippen molar-refractivity contribution in [2.24, 2.45) is 7.05 Å². The second kappa shape index (κ2) is 3.98. The van der Waals surface area contributed by atoms with Crippen molar-refractivity contribution in [3.05, 3.63) is 11.5 Å². The molecule has 0 unspecified atom stereocenters. The van der Waals surface area contributed by atoms with Crippen LogP contribution in [-0.4, -0.2) is 19.3 Å². The Morgan fingerprint density at radius 2 is 2.11 bits per heavy atom. The maximum Gasteiger partial charge on any atom is 0.159 e. The first-order valence-electron chi connectivity index (χ1n) is 6.60. The highest BCUT2D eigenvalue weighted by Crippen LogP contribution is 2.45. The Balaban J connectivity index is 2.31. The van der Waals surface area contributed by atoms with Crippen LogP contribution in [0.2, 0.25) is 0 Å². The first kappa shape index (κ1) is 12.0. The van der Waals surface area contributed by atoms with E-state index in [1.807, 2.05) is 18.7 Å². The van der Waals surface area contributed by atoms with Crippen LogP contribution in [0.25, 0.3) is 11.2 Å². The summed E-state index contributed by atoms with van der Waals surface area (Å²) in [5, 5.41) is 4.48. The molecule has 0 radical (unpaired) electrons. The van der Waals surface area contributed by atoms with Crippen LogP contribution in [0.1, 0.15) is 44.1 Å². The number of fused-ring (bicyclic) bond motifs is 1. The third-order valence-corrected chi connectivity index (χ3v) is 4.65. The molecule has 5 heteroatoms. The number of hydrogen-bond donors (Lipinski definition) is 0. The number of nitrogens with zero attached hydrogens (tertiary/aromatic N) is 4. The van der Waals surface area contributed by atoms with E-state index >= 15 is 0 Å². The van der Waals surface area contributed by atoms with Gasteiger partial charge in [0.15, 0.2) is 5.65 Å². The van der Waals surface area contributed by atoms with E-state index in [-0.39, 0.29) is 5.54 Å². The third kappa shape index (κ3) is 1.38. The molecule has 18 heavy (non-hydrogen) atoms. The lowest BCUT2D eigenvalue weighted by Gasteiger charge is -2.43. The van der Waals surface area contributed by atoms with Gasteiger partial charge in [0.25, 0.3) is 0 Å². The summed E-state index contributed by atoms with van der Waals surface area (Å²) in [5.74, 6) is 1.46. The quantitative estimate of drug-likeness (QED) is 0.801. The summed E-state index contributed by atoms with van der Waals surface area (Å²) in [6, 6.07) is 0. The molecule has 0 amide bonds. The molecule has 0 spiro atoms. The summed E-state index contributed by atoms with van der Waals surface area (Å²) in [6.45, 7) is 4.27. The second-order valence-corrected chi connectivity index (χ2v) is 5.58. The van der Waals surface area contributed by atoms with Crippen LogP contribution in [0.3, 0.4) is 0 Å². The molecule has 2 aromatic rings. The van der Waals surface area contributed by atoms with E-state index in [0.29, 0.717) is 5.88 Å². The van der Waals surface area contributed by atoms with Gasteiger partial charge in [0.05, 0.1) is 11.6 Å². The summed E-state index contributed by atoms with van der Waals surface area (Å²) in [6.07, 6.45) is 4.88. The number of hydrogen-bond acceptors (Lipinski definition) is 2. The maximum atomic E-state index is 6.10. The minimum Gasteiger partial charge on any atom is -0.306 e. The zero-order valence-corrected chi connectivity index (χ0v) is 12.0. The van der Waals surface area contributed by atoms with Crippen molar-refractivity contribution in [1.82, 2.24) is 19.3 Å². The topological polar surface area (TPSA) is 35.6 Å². The van der Waals surface area contributed by atoms with E-state index in [2.05, 4.69) is 16.6 Å². The Morgan fingerprint density at radius 3 is 2.61 bits per heavy atom. The monoisotopic (exact) mass is 266 g/mol. The molecular formula is C13H19ClN4. The maximum absolute atomic E-state index is 6.10. The standard InChI is InChI=1S/C13H19ClN4/c1-4-13(6-5-7-13)18-10(8-14)15-11-9(2)16-17(3)12(11)18/h4-8H2,1-3H3. The molecular weight excluding hydrogens is 248 g/mol. The SMILES string of the molecule is CCC1(n2c(CCl)nc3c(C)nn(C)c32)CCC1. The molecule has 2 aromatic heterocycles. The predicted octanol–water partition coefficient (Wildman–Crippen LogP) is 3.11. The minimum atomic E-state index is 0.221. The van der Waals surface area contributed by atoms with Crippen LogP contribution in [0.15, 0.2) is 0 Å². The number of aromatic nitrogens is 4. The van der Waals surface area contributed by atoms with Crippen LogP contribution in [0, 0.1) is 6.92 Å². The van der Waals surface area contributed by atoms with E-state index in [1.54, 1.807) is 0 Å². The van der Waals surface area contributed by atoms with Crippen molar-refractivity contribution in [3.63, 3.8) is 0 Å². The average Bonchev–Trinajstić information content (AvgIpc) is 2.79. The molecule has 2 heterocycles. The Bertz CT molecular complexity index is 586. The van der Waals surface area contributed by atoms with Crippen molar-refractivity contribution in [2.75, 3.05) is 0 Å². The highest BCUT2D eigenvalue weighted by molar-refractivity contribution is 6.16. The number of alkyl halides is 1. The lowest BCUT2D eigenvalue weighted by Crippen LogP contribution is -2.41. The Kier molecular flexibility index (Phi) is 2.66. The molecule has 1 saturated carbocycles. The molecule has 0 aromatic carbocycles. The fourth-order valence-corrected chi connectivity index (χ4v) is 3.41. The van der Waals surface area contributed by atoms with E-state index in [4.69, 9.17) is 16.6 Å². The number of aryl methyl sites for hydroxylation is 2. The third-order valence-electron chi connectivity index (χ3n) is 4.41. The summed E-state index contributed by atoms with van der Waals surface area (Å²) in [4.78, 5) is 4.70. The fraction of sp³-hybridized carbons (Fsp3) is 0.692. The van der Waals surface area contributed by atoms with Gasteiger partial charge in [0.2, 0.25) is 0 Å². The molecule has 4 nitrogen and oxygen atoms in total. The smallest absolute Gasteiger partial charge is 0.159 e. The van der Waals surface area contributed by atoms with E-state index in [0.717, 1.165) is 29.1 Å². The van der Waals surface area contributed by atoms with Gasteiger partial charge in [0, 0.05) is 12.6 Å². The van der Waals surface area contributed by atoms with Gasteiger partial charge in [0.1, 0.15) is 11.3 Å². The zero-order valence-electron chi connectivity index (χ0n) is 11.2. The van der Waals surface area contributed by atoms with Crippen molar-refractivity contribution in [1.29, 1.82) is 0 Å². The first-order valence-corrected chi connectivity index (χ1v) is 7.14. The van der Waals surface area contributed by atoms with Crippen LogP contribution in [-0.2, 0) is 18.5 Å². The van der Waals surface area contributed by atoms with Gasteiger partial charge < -0.3 is 4.57 Å². The lowest BCUT2D eigenvalue weighted by atomic mass is 9.74. The summed E-state index contributed by atoms with van der Waals surface area (Å²) >= 11 is 6.10. The van der Waals surface area contributed by atoms with Gasteiger partial charge in [-0.2, -0.15) is 5.10 Å². The van der Waals surface area contributed by atoms with Crippen molar-refractivity contribution in [3.8, 4) is 0 Å². The fourth-order valence-electron chi connectivity index (χ4n) is 3.23. The molecule has 0 saturated heterocycles. The molecule has 1 aliphatic carbocycles. The lowest BCUT2D eigenvalue weighted by molar-refractivity contribution is 0.136. The number of imidazole rings is 1. The van der Waals surface area contributed by atoms with Crippen molar-refractivity contribution < 1.29 is 0 Å². The number of halogens is 1. The van der Waals surface area contributed by atoms with Crippen LogP contribution in [0.4, 0.5) is 0 Å². The highest BCUT2D eigenvalue weighted by Gasteiger charge is 2.40. The van der Waals surface area contributed by atoms with Crippen LogP contribution < -0.4 is 0 Å². The van der Waals surface area contributed by atoms with Crippen LogP contribution in [0.5, 0.6) is 0 Å². The van der Waals surface area contributed by atoms with Gasteiger partial charge in [-0.3, -0.25) is 4.68 Å². The molecule has 3 rings (SSSR count). The zero-order chi connectivity index (χ0) is 12.9. The molecule has 0 bridgehead atoms. The van der Waals surface area contributed by atoms with E-state index < -0.39 is 0 Å². The van der Waals surface area contributed by atoms with Crippen molar-refractivity contribution in [2.45, 2.75) is 50.9 Å². The summed E-state index contributed by atoms with van der Waals surface area (Å²) < 4.78 is 4.31. The summed E-state index contributed by atoms with van der Waals surface area (Å²) in [5.41, 5.74) is 3.35. The molecule has 0 N–H and O–H groups in total. The van der Waals surface area contributed by atoms with Gasteiger partial charge in [-0.05, 0) is 32.6 Å². The Hall–Kier alpha value is -1.03. The van der Waals surface area contributed by atoms with Gasteiger partial charge in [-0.1, -0.05) is 6.92 Å². The Labute approximate surface area is 112 Å². The van der Waals surface area contributed by atoms with Gasteiger partial charge >= 0.3 is 0 Å². The number of rotatable bonds is 3. The predicted molar refractivity (Wildman–Crippen MR) is 72.9 cm³/mol. The van der Waals surface area contributed by atoms with Gasteiger partial charge in [-0.15, -0.1) is 11.6 Å². The first-order chi connectivity index (χ1) is 8.63. The van der Waals surface area contributed by atoms with E-state index in [1.165, 1.54) is 19.3 Å². The van der Waals surface area contributed by atoms with Gasteiger partial charge in [-0.25, -0.2) is 4.98 Å². The second-order valence-electron chi connectivity index (χ2n) is 5.31. The largest absolute Gasteiger partial charge is 0.306 e. The average molecular weight is 267 g/mol. The molecule has 0 atom stereocenters. The highest BCUT2D eigenvalue weighted by atomic mass is 35.5. The van der Waals surface area contributed by atoms with E-state index in [9.17, 15) is 0 Å². The molecule has 1 aliphatic rings. The molecule has 98 valence electrons. The summed E-state index contributed by atoms with van der Waals surface area (Å²) in [7, 11) is 1.99. The normalized spacial score (nSPS) is 18.2. The molecule has 1 fully saturated rings. The van der Waals surface area contributed by atoms with Crippen LogP contribution >= 0.6 is 11.6 Å². The van der Waals surface area contributed by atoms with Crippen molar-refractivity contribution >= 4 is 22.8 Å².